The maximum Gasteiger partial charge on any atom is 0.222 e. The third-order valence-electron chi connectivity index (χ3n) is 4.38. The minimum atomic E-state index is 0.0342. The van der Waals surface area contributed by atoms with Gasteiger partial charge in [0, 0.05) is 38.4 Å². The number of amides is 2. The number of aryl methyl sites for hydroxylation is 2. The third kappa shape index (κ3) is 4.71. The Kier molecular flexibility index (Phi) is 6.02. The van der Waals surface area contributed by atoms with E-state index < -0.39 is 0 Å². The van der Waals surface area contributed by atoms with E-state index in [2.05, 4.69) is 5.32 Å². The molecule has 1 heterocycles. The smallest absolute Gasteiger partial charge is 0.222 e. The first-order valence-corrected chi connectivity index (χ1v) is 8.21. The van der Waals surface area contributed by atoms with Crippen LogP contribution in [0, 0.1) is 12.8 Å². The maximum atomic E-state index is 12.0. The van der Waals surface area contributed by atoms with Crippen LogP contribution >= 0.6 is 0 Å². The highest BCUT2D eigenvalue weighted by molar-refractivity contribution is 5.79. The normalized spacial score (nSPS) is 17.4. The predicted octanol–water partition coefficient (Wildman–Crippen LogP) is 1.92. The van der Waals surface area contributed by atoms with Gasteiger partial charge in [-0.25, -0.2) is 0 Å². The van der Waals surface area contributed by atoms with Crippen LogP contribution in [0.4, 0.5) is 0 Å². The molecule has 5 nitrogen and oxygen atoms in total. The SMILES string of the molecule is CCN1C[C@H](CNC(=O)CCc2ccc(C)c(OC)c2)CC1=O. The summed E-state index contributed by atoms with van der Waals surface area (Å²) in [6.45, 7) is 6.06. The van der Waals surface area contributed by atoms with E-state index in [0.29, 0.717) is 25.8 Å². The molecule has 1 N–H and O–H groups in total. The van der Waals surface area contributed by atoms with Crippen molar-refractivity contribution >= 4 is 11.8 Å². The highest BCUT2D eigenvalue weighted by Gasteiger charge is 2.28. The maximum absolute atomic E-state index is 12.0. The number of rotatable bonds is 7. The fraction of sp³-hybridized carbons (Fsp3) is 0.556. The first-order valence-electron chi connectivity index (χ1n) is 8.21. The lowest BCUT2D eigenvalue weighted by molar-refractivity contribution is -0.127. The Labute approximate surface area is 138 Å². The first kappa shape index (κ1) is 17.3. The van der Waals surface area contributed by atoms with Gasteiger partial charge in [0.1, 0.15) is 5.75 Å². The highest BCUT2D eigenvalue weighted by Crippen LogP contribution is 2.20. The molecule has 1 aliphatic heterocycles. The molecule has 0 radical (unpaired) electrons. The molecule has 5 heteroatoms. The van der Waals surface area contributed by atoms with Gasteiger partial charge in [0.25, 0.3) is 0 Å². The summed E-state index contributed by atoms with van der Waals surface area (Å²) in [5, 5.41) is 2.95. The molecular weight excluding hydrogens is 292 g/mol. The zero-order valence-corrected chi connectivity index (χ0v) is 14.2. The second kappa shape index (κ2) is 7.99. The number of hydrogen-bond acceptors (Lipinski definition) is 3. The van der Waals surface area contributed by atoms with Gasteiger partial charge < -0.3 is 15.0 Å². The summed E-state index contributed by atoms with van der Waals surface area (Å²) >= 11 is 0. The lowest BCUT2D eigenvalue weighted by Crippen LogP contribution is -2.31. The fourth-order valence-corrected chi connectivity index (χ4v) is 2.92. The first-order chi connectivity index (χ1) is 11.0. The lowest BCUT2D eigenvalue weighted by atomic mass is 10.1. The van der Waals surface area contributed by atoms with E-state index in [1.165, 1.54) is 0 Å². The van der Waals surface area contributed by atoms with Crippen LogP contribution in [0.2, 0.25) is 0 Å². The van der Waals surface area contributed by atoms with Crippen LogP contribution in [0.3, 0.4) is 0 Å². The molecule has 1 aliphatic rings. The molecule has 0 bridgehead atoms. The number of benzene rings is 1. The molecule has 1 atom stereocenters. The molecule has 0 spiro atoms. The number of ether oxygens (including phenoxy) is 1. The molecular formula is C18H26N2O3. The van der Waals surface area contributed by atoms with Crippen LogP contribution in [-0.2, 0) is 16.0 Å². The molecule has 1 saturated heterocycles. The Morgan fingerprint density at radius 2 is 2.22 bits per heavy atom. The second-order valence-corrected chi connectivity index (χ2v) is 6.11. The largest absolute Gasteiger partial charge is 0.496 e. The summed E-state index contributed by atoms with van der Waals surface area (Å²) in [6.07, 6.45) is 1.68. The molecule has 0 saturated carbocycles. The van der Waals surface area contributed by atoms with E-state index in [9.17, 15) is 9.59 Å². The van der Waals surface area contributed by atoms with E-state index in [-0.39, 0.29) is 17.7 Å². The zero-order valence-electron chi connectivity index (χ0n) is 14.2. The van der Waals surface area contributed by atoms with Gasteiger partial charge in [-0.2, -0.15) is 0 Å². The summed E-state index contributed by atoms with van der Waals surface area (Å²) in [6, 6.07) is 6.02. The number of carbonyl (C=O) groups excluding carboxylic acids is 2. The second-order valence-electron chi connectivity index (χ2n) is 6.11. The Hall–Kier alpha value is -2.04. The van der Waals surface area contributed by atoms with E-state index in [0.717, 1.165) is 30.0 Å². The number of methoxy groups -OCH3 is 1. The fourth-order valence-electron chi connectivity index (χ4n) is 2.92. The molecule has 23 heavy (non-hydrogen) atoms. The Morgan fingerprint density at radius 1 is 1.43 bits per heavy atom. The lowest BCUT2D eigenvalue weighted by Gasteiger charge is -2.14. The quantitative estimate of drug-likeness (QED) is 0.835. The monoisotopic (exact) mass is 318 g/mol. The minimum absolute atomic E-state index is 0.0342. The van der Waals surface area contributed by atoms with Crippen LogP contribution in [0.1, 0.15) is 30.9 Å². The van der Waals surface area contributed by atoms with Gasteiger partial charge in [-0.3, -0.25) is 9.59 Å². The molecule has 0 aromatic heterocycles. The van der Waals surface area contributed by atoms with Crippen LogP contribution in [-0.4, -0.2) is 43.5 Å². The number of likely N-dealkylation sites (tertiary alicyclic amines) is 1. The summed E-state index contributed by atoms with van der Waals surface area (Å²) in [4.78, 5) is 25.5. The molecule has 2 amide bonds. The Bertz CT molecular complexity index is 571. The van der Waals surface area contributed by atoms with Crippen molar-refractivity contribution in [2.75, 3.05) is 26.7 Å². The van der Waals surface area contributed by atoms with Gasteiger partial charge in [0.15, 0.2) is 0 Å². The van der Waals surface area contributed by atoms with E-state index in [1.807, 2.05) is 36.9 Å². The van der Waals surface area contributed by atoms with Crippen molar-refractivity contribution in [3.63, 3.8) is 0 Å². The van der Waals surface area contributed by atoms with Crippen molar-refractivity contribution in [3.8, 4) is 5.75 Å². The van der Waals surface area contributed by atoms with Crippen molar-refractivity contribution in [2.24, 2.45) is 5.92 Å². The average Bonchev–Trinajstić information content (AvgIpc) is 2.92. The molecule has 0 aliphatic carbocycles. The van der Waals surface area contributed by atoms with Gasteiger partial charge >= 0.3 is 0 Å². The van der Waals surface area contributed by atoms with Crippen LogP contribution < -0.4 is 10.1 Å². The molecule has 1 aromatic carbocycles. The topological polar surface area (TPSA) is 58.6 Å². The molecule has 2 rings (SSSR count). The van der Waals surface area contributed by atoms with Gasteiger partial charge in [-0.1, -0.05) is 12.1 Å². The number of carbonyl (C=O) groups is 2. The van der Waals surface area contributed by atoms with Crippen LogP contribution in [0.15, 0.2) is 18.2 Å². The Balaban J connectivity index is 1.74. The number of nitrogens with one attached hydrogen (secondary N) is 1. The van der Waals surface area contributed by atoms with Gasteiger partial charge in [-0.05, 0) is 37.5 Å². The summed E-state index contributed by atoms with van der Waals surface area (Å²) in [5.74, 6) is 1.32. The summed E-state index contributed by atoms with van der Waals surface area (Å²) in [7, 11) is 1.65. The van der Waals surface area contributed by atoms with Crippen molar-refractivity contribution in [2.45, 2.75) is 33.1 Å². The molecule has 1 fully saturated rings. The number of nitrogens with zero attached hydrogens (tertiary/aromatic N) is 1. The summed E-state index contributed by atoms with van der Waals surface area (Å²) in [5.41, 5.74) is 2.18. The van der Waals surface area contributed by atoms with E-state index in [1.54, 1.807) is 7.11 Å². The van der Waals surface area contributed by atoms with Crippen LogP contribution in [0.25, 0.3) is 0 Å². The van der Waals surface area contributed by atoms with Crippen molar-refractivity contribution < 1.29 is 14.3 Å². The molecule has 126 valence electrons. The van der Waals surface area contributed by atoms with Crippen LogP contribution in [0.5, 0.6) is 5.75 Å². The average molecular weight is 318 g/mol. The van der Waals surface area contributed by atoms with Crippen molar-refractivity contribution in [3.05, 3.63) is 29.3 Å². The minimum Gasteiger partial charge on any atom is -0.496 e. The third-order valence-corrected chi connectivity index (χ3v) is 4.38. The molecule has 1 aromatic rings. The Morgan fingerprint density at radius 3 is 2.87 bits per heavy atom. The highest BCUT2D eigenvalue weighted by atomic mass is 16.5. The van der Waals surface area contributed by atoms with E-state index >= 15 is 0 Å². The number of hydrogen-bond donors (Lipinski definition) is 1. The zero-order chi connectivity index (χ0) is 16.8. The van der Waals surface area contributed by atoms with Gasteiger partial charge in [0.05, 0.1) is 7.11 Å². The van der Waals surface area contributed by atoms with Gasteiger partial charge in [-0.15, -0.1) is 0 Å². The van der Waals surface area contributed by atoms with Crippen molar-refractivity contribution in [1.29, 1.82) is 0 Å². The van der Waals surface area contributed by atoms with Crippen molar-refractivity contribution in [1.82, 2.24) is 10.2 Å². The predicted molar refractivity (Wildman–Crippen MR) is 89.4 cm³/mol. The molecule has 0 unspecified atom stereocenters. The van der Waals surface area contributed by atoms with Gasteiger partial charge in [0.2, 0.25) is 11.8 Å². The summed E-state index contributed by atoms with van der Waals surface area (Å²) < 4.78 is 5.30. The standard InChI is InChI=1S/C18H26N2O3/c1-4-20-12-15(10-18(20)22)11-19-17(21)8-7-14-6-5-13(2)16(9-14)23-3/h5-6,9,15H,4,7-8,10-12H2,1-3H3,(H,19,21)/t15-/m0/s1. The van der Waals surface area contributed by atoms with E-state index in [4.69, 9.17) is 4.74 Å².